The van der Waals surface area contributed by atoms with Crippen LogP contribution in [0.3, 0.4) is 0 Å². The Morgan fingerprint density at radius 3 is 1.17 bits per heavy atom. The minimum absolute atomic E-state index is 0. The number of aryl methyl sites for hydroxylation is 12. The van der Waals surface area contributed by atoms with Crippen molar-refractivity contribution in [1.29, 1.82) is 0 Å². The molecule has 0 amide bonds. The zero-order valence-corrected chi connectivity index (χ0v) is 83.7. The van der Waals surface area contributed by atoms with Gasteiger partial charge in [-0.05, 0) is 251 Å². The maximum atomic E-state index is 13.6. The van der Waals surface area contributed by atoms with Crippen molar-refractivity contribution < 1.29 is 258 Å². The monoisotopic (exact) mass is 2180 g/mol. The van der Waals surface area contributed by atoms with Crippen LogP contribution in [0.1, 0.15) is 215 Å². The molecule has 3 unspecified atom stereocenters. The Kier molecular flexibility index (Phi) is 62.9. The molecule has 0 spiro atoms. The standard InChI is InChI=1S/C12H9F3.C12H12.C11H12F2O.C8H8ClF.C8H8F2.C8H13F.C8H16.C8H14.C8H10.C6H12O2.2CH4.5Nd/c1-6-3-4-8-5-7(2)11(14)12(15)9(8)10(6)13;1-9-3-5-12-8-10(2)4-6-11(12)7-9;1-6-5-8-4-3-7(2)14-11(8)10(13)9(6)12;2*1-5-3-4-6(2)8(10)7(5)9;1-6-3-4-7(2)8(9)5-6;3*1-7-3-5-8(2)6-4-7;1-5-3-7-6(2)8-4-5;;;;;;;/h3-5H,1-2H3;3-8H,1-2H3;5,7H,3-4H2,1-2H3;2*3-4H,1-2H3;6H,3-5H2,1-2H3;7-8H,3-6H2,1-2H3;3,8H,4-6H2,1-2H3;3-6H,1-2H3;5-6H,3-4H2,1-2H3;2*1H4;;;;;. The Bertz CT molecular complexity index is 3810. The van der Waals surface area contributed by atoms with Crippen LogP contribution in [0.2, 0.25) is 5.02 Å². The summed E-state index contributed by atoms with van der Waals surface area (Å²) in [4.78, 5) is 0. The van der Waals surface area contributed by atoms with Crippen molar-refractivity contribution in [3.63, 3.8) is 0 Å². The number of allylic oxidation sites excluding steroid dienone is 4. The van der Waals surface area contributed by atoms with Crippen molar-refractivity contribution in [2.24, 2.45) is 29.6 Å². The van der Waals surface area contributed by atoms with E-state index in [0.29, 0.717) is 51.5 Å². The molecule has 8 aromatic rings. The van der Waals surface area contributed by atoms with Crippen molar-refractivity contribution in [3.8, 4) is 5.75 Å². The van der Waals surface area contributed by atoms with Gasteiger partial charge < -0.3 is 14.2 Å². The quantitative estimate of drug-likeness (QED) is 0.112. The van der Waals surface area contributed by atoms with E-state index >= 15 is 0 Å². The Morgan fingerprint density at radius 1 is 0.349 bits per heavy atom. The molecule has 0 bridgehead atoms. The second-order valence-electron chi connectivity index (χ2n) is 29.2. The zero-order chi connectivity index (χ0) is 76.2. The number of halogens is 10. The molecule has 2 heterocycles. The summed E-state index contributed by atoms with van der Waals surface area (Å²) >= 11 is 5.61. The number of hydrogen-bond acceptors (Lipinski definition) is 3. The number of hydrogen-bond donors (Lipinski definition) is 0. The van der Waals surface area contributed by atoms with Gasteiger partial charge in [0.05, 0.1) is 35.6 Å². The van der Waals surface area contributed by atoms with Crippen LogP contribution >= 0.6 is 11.6 Å². The van der Waals surface area contributed by atoms with Gasteiger partial charge in [0, 0.05) is 217 Å². The first-order valence-electron chi connectivity index (χ1n) is 36.2. The molecule has 0 aromatic heterocycles. The molecular weight excluding hydrogens is 2070 g/mol. The Hall–Kier alpha value is -0.107. The van der Waals surface area contributed by atoms with Gasteiger partial charge in [0.15, 0.2) is 41.1 Å². The first kappa shape index (κ1) is 115. The van der Waals surface area contributed by atoms with Gasteiger partial charge in [-0.15, -0.1) is 0 Å². The van der Waals surface area contributed by atoms with Gasteiger partial charge >= 0.3 is 0 Å². The van der Waals surface area contributed by atoms with Crippen LogP contribution in [-0.2, 0) is 15.9 Å². The molecule has 3 atom stereocenters. The van der Waals surface area contributed by atoms with E-state index in [1.165, 1.54) is 118 Å². The van der Waals surface area contributed by atoms with Gasteiger partial charge in [-0.1, -0.05) is 218 Å². The number of benzene rings is 8. The Labute approximate surface area is 820 Å². The van der Waals surface area contributed by atoms with Crippen molar-refractivity contribution >= 4 is 33.1 Å². The molecule has 594 valence electrons. The van der Waals surface area contributed by atoms with Crippen LogP contribution in [0.25, 0.3) is 21.5 Å². The van der Waals surface area contributed by atoms with Crippen molar-refractivity contribution in [1.82, 2.24) is 0 Å². The number of ether oxygens (including phenoxy) is 3. The van der Waals surface area contributed by atoms with Gasteiger partial charge in [0.25, 0.3) is 0 Å². The second kappa shape index (κ2) is 59.5. The van der Waals surface area contributed by atoms with Crippen molar-refractivity contribution in [2.45, 2.75) is 243 Å². The second-order valence-corrected chi connectivity index (χ2v) is 29.6. The third-order valence-corrected chi connectivity index (χ3v) is 19.3. The summed E-state index contributed by atoms with van der Waals surface area (Å²) < 4.78 is 133. The Morgan fingerprint density at radius 2 is 0.743 bits per heavy atom. The minimum atomic E-state index is -1.11. The van der Waals surface area contributed by atoms with E-state index in [-0.39, 0.29) is 265 Å². The average Bonchev–Trinajstić information content (AvgIpc) is 0.784. The number of rotatable bonds is 0. The maximum Gasteiger partial charge on any atom is 0.201 e. The third kappa shape index (κ3) is 41.4. The molecule has 109 heavy (non-hydrogen) atoms. The van der Waals surface area contributed by atoms with E-state index in [0.717, 1.165) is 66.9 Å². The van der Waals surface area contributed by atoms with Crippen LogP contribution in [0.4, 0.5) is 39.5 Å². The van der Waals surface area contributed by atoms with E-state index in [1.807, 2.05) is 20.8 Å². The van der Waals surface area contributed by atoms with Crippen molar-refractivity contribution in [3.05, 3.63) is 251 Å². The van der Waals surface area contributed by atoms with Gasteiger partial charge in [-0.25, -0.2) is 35.1 Å². The predicted molar refractivity (Wildman–Crippen MR) is 423 cm³/mol. The molecule has 13 rings (SSSR count). The van der Waals surface area contributed by atoms with Crippen LogP contribution in [0.15, 0.2) is 132 Å². The smallest absolute Gasteiger partial charge is 0.201 e. The molecule has 3 nitrogen and oxygen atoms in total. The SMILES string of the molecule is C.C.CC1=C(F)CC(C)CC1.CC1=CCC(C)CC1.CC1CCC(C)CC1.CC1COC(C)OC1.Cc1cc2c(c(F)c1F)OC(C)CC2.Cc1cc2ccc(C)c(F)c2c(F)c1F.Cc1ccc(C)c(Cl)c1F.Cc1ccc(C)c(F)c1F.Cc1ccc(C)cc1.Cc1ccc2cc(C)ccc2c1.[Nd].[Nd].[Nd].[Nd].[Nd]. The van der Waals surface area contributed by atoms with Crippen LogP contribution in [-0.4, -0.2) is 25.6 Å². The normalized spacial score (nSPS) is 18.2. The van der Waals surface area contributed by atoms with Crippen LogP contribution in [0, 0.1) is 356 Å². The summed E-state index contributed by atoms with van der Waals surface area (Å²) in [6, 6.07) is 34.5. The summed E-state index contributed by atoms with van der Waals surface area (Å²) in [5.74, 6) is -1.83. The van der Waals surface area contributed by atoms with Gasteiger partial charge in [-0.3, -0.25) is 0 Å². The fourth-order valence-electron chi connectivity index (χ4n) is 11.4. The molecule has 18 heteroatoms. The molecule has 2 fully saturated rings. The fraction of sp³-hybridized carbons (Fsp3) is 0.473. The van der Waals surface area contributed by atoms with Gasteiger partial charge in [0.1, 0.15) is 11.6 Å². The van der Waals surface area contributed by atoms with Crippen LogP contribution < -0.4 is 4.74 Å². The Balaban J connectivity index is -0.000000562. The first-order valence-corrected chi connectivity index (χ1v) is 36.6. The van der Waals surface area contributed by atoms with Gasteiger partial charge in [0.2, 0.25) is 5.82 Å². The largest absolute Gasteiger partial charge is 0.487 e. The van der Waals surface area contributed by atoms with E-state index in [2.05, 4.69) is 136 Å². The predicted octanol–water partition coefficient (Wildman–Crippen LogP) is 29.2. The average molecular weight is 2190 g/mol. The fourth-order valence-corrected chi connectivity index (χ4v) is 11.6. The minimum Gasteiger partial charge on any atom is -0.487 e. The molecule has 1 saturated carbocycles. The zero-order valence-electron chi connectivity index (χ0n) is 66.9. The first-order chi connectivity index (χ1) is 48.0. The molecule has 3 aliphatic carbocycles. The molecule has 0 radical (unpaired) electrons. The van der Waals surface area contributed by atoms with Gasteiger partial charge in [-0.2, -0.15) is 4.39 Å². The molecule has 8 aromatic carbocycles. The molecule has 0 N–H and O–H groups in total. The maximum absolute atomic E-state index is 13.6. The summed E-state index contributed by atoms with van der Waals surface area (Å²) in [7, 11) is 0. The summed E-state index contributed by atoms with van der Waals surface area (Å²) in [5, 5.41) is 3.02. The van der Waals surface area contributed by atoms with E-state index in [9.17, 15) is 39.5 Å². The number of fused-ring (bicyclic) bond motifs is 3. The molecule has 1 saturated heterocycles. The van der Waals surface area contributed by atoms with Crippen molar-refractivity contribution in [2.75, 3.05) is 13.2 Å². The van der Waals surface area contributed by atoms with Crippen LogP contribution in [0.5, 0.6) is 5.75 Å². The summed E-state index contributed by atoms with van der Waals surface area (Å²) in [6.07, 6.45) is 16.7. The summed E-state index contributed by atoms with van der Waals surface area (Å²) in [6.45, 7) is 40.4. The molecular formula is C91H122ClF9Nd5O3. The third-order valence-electron chi connectivity index (χ3n) is 18.8. The van der Waals surface area contributed by atoms with E-state index < -0.39 is 40.7 Å². The van der Waals surface area contributed by atoms with E-state index in [4.69, 9.17) is 25.8 Å². The molecule has 5 aliphatic rings. The molecule has 2 aliphatic heterocycles. The topological polar surface area (TPSA) is 27.7 Å². The van der Waals surface area contributed by atoms with E-state index in [1.54, 1.807) is 68.8 Å². The summed E-state index contributed by atoms with van der Waals surface area (Å²) in [5.41, 5.74) is 11.6.